The average molecular weight is 314 g/mol. The van der Waals surface area contributed by atoms with E-state index in [2.05, 4.69) is 20.8 Å². The lowest BCUT2D eigenvalue weighted by atomic mass is 9.96. The van der Waals surface area contributed by atoms with Crippen molar-refractivity contribution in [2.24, 2.45) is 5.41 Å². The SMILES string of the molecule is COc1ccc(CNc2ccc(NC(=O)C(C)(C)C)nn2)cc1. The van der Waals surface area contributed by atoms with E-state index < -0.39 is 5.41 Å². The molecule has 0 aliphatic carbocycles. The summed E-state index contributed by atoms with van der Waals surface area (Å²) in [7, 11) is 1.64. The first-order valence-corrected chi connectivity index (χ1v) is 7.40. The second-order valence-electron chi connectivity index (χ2n) is 6.21. The van der Waals surface area contributed by atoms with Gasteiger partial charge in [0.2, 0.25) is 5.91 Å². The third kappa shape index (κ3) is 4.95. The summed E-state index contributed by atoms with van der Waals surface area (Å²) in [5.74, 6) is 1.83. The molecule has 0 radical (unpaired) electrons. The second kappa shape index (κ2) is 7.09. The van der Waals surface area contributed by atoms with Crippen LogP contribution in [0.5, 0.6) is 5.75 Å². The third-order valence-electron chi connectivity index (χ3n) is 3.22. The van der Waals surface area contributed by atoms with Crippen LogP contribution in [0.25, 0.3) is 0 Å². The number of rotatable bonds is 5. The molecule has 122 valence electrons. The highest BCUT2D eigenvalue weighted by atomic mass is 16.5. The van der Waals surface area contributed by atoms with Crippen LogP contribution < -0.4 is 15.4 Å². The molecule has 1 heterocycles. The molecule has 2 rings (SSSR count). The lowest BCUT2D eigenvalue weighted by molar-refractivity contribution is -0.123. The zero-order valence-electron chi connectivity index (χ0n) is 13.9. The van der Waals surface area contributed by atoms with Gasteiger partial charge in [-0.15, -0.1) is 10.2 Å². The van der Waals surface area contributed by atoms with Crippen LogP contribution in [-0.2, 0) is 11.3 Å². The van der Waals surface area contributed by atoms with Crippen LogP contribution in [-0.4, -0.2) is 23.2 Å². The molecule has 0 atom stereocenters. The van der Waals surface area contributed by atoms with Gasteiger partial charge in [-0.3, -0.25) is 4.79 Å². The summed E-state index contributed by atoms with van der Waals surface area (Å²) in [4.78, 5) is 11.9. The molecule has 0 unspecified atom stereocenters. The van der Waals surface area contributed by atoms with Crippen molar-refractivity contribution in [1.29, 1.82) is 0 Å². The van der Waals surface area contributed by atoms with Crippen molar-refractivity contribution >= 4 is 17.5 Å². The van der Waals surface area contributed by atoms with E-state index >= 15 is 0 Å². The number of nitrogens with zero attached hydrogens (tertiary/aromatic N) is 2. The molecule has 1 aromatic carbocycles. The van der Waals surface area contributed by atoms with E-state index in [1.54, 1.807) is 19.2 Å². The molecule has 0 aliphatic rings. The molecule has 0 fully saturated rings. The van der Waals surface area contributed by atoms with Crippen molar-refractivity contribution in [2.75, 3.05) is 17.7 Å². The Morgan fingerprint density at radius 2 is 1.65 bits per heavy atom. The highest BCUT2D eigenvalue weighted by molar-refractivity contribution is 5.93. The molecule has 0 bridgehead atoms. The van der Waals surface area contributed by atoms with E-state index in [-0.39, 0.29) is 5.91 Å². The van der Waals surface area contributed by atoms with Gasteiger partial charge in [-0.25, -0.2) is 0 Å². The molecule has 1 aromatic heterocycles. The Labute approximate surface area is 136 Å². The summed E-state index contributed by atoms with van der Waals surface area (Å²) >= 11 is 0. The number of amides is 1. The van der Waals surface area contributed by atoms with E-state index in [9.17, 15) is 4.79 Å². The molecule has 23 heavy (non-hydrogen) atoms. The van der Waals surface area contributed by atoms with E-state index in [1.165, 1.54) is 0 Å². The molecule has 6 heteroatoms. The van der Waals surface area contributed by atoms with Crippen molar-refractivity contribution in [3.8, 4) is 5.75 Å². The van der Waals surface area contributed by atoms with Crippen LogP contribution >= 0.6 is 0 Å². The smallest absolute Gasteiger partial charge is 0.230 e. The number of nitrogens with one attached hydrogen (secondary N) is 2. The normalized spacial score (nSPS) is 11.0. The van der Waals surface area contributed by atoms with Crippen LogP contribution in [0.3, 0.4) is 0 Å². The first kappa shape index (κ1) is 16.7. The Bertz CT molecular complexity index is 646. The van der Waals surface area contributed by atoms with Gasteiger partial charge in [0.25, 0.3) is 0 Å². The number of anilines is 2. The highest BCUT2D eigenvalue weighted by Gasteiger charge is 2.21. The zero-order valence-corrected chi connectivity index (χ0v) is 13.9. The minimum Gasteiger partial charge on any atom is -0.497 e. The van der Waals surface area contributed by atoms with Gasteiger partial charge in [-0.2, -0.15) is 0 Å². The Morgan fingerprint density at radius 3 is 2.17 bits per heavy atom. The van der Waals surface area contributed by atoms with Crippen LogP contribution in [0.2, 0.25) is 0 Å². The number of carbonyl (C=O) groups is 1. The number of benzene rings is 1. The fraction of sp³-hybridized carbons (Fsp3) is 0.353. The number of methoxy groups -OCH3 is 1. The molecular weight excluding hydrogens is 292 g/mol. The van der Waals surface area contributed by atoms with Crippen LogP contribution in [0.1, 0.15) is 26.3 Å². The van der Waals surface area contributed by atoms with Crippen LogP contribution in [0, 0.1) is 5.41 Å². The van der Waals surface area contributed by atoms with Crippen molar-refractivity contribution in [1.82, 2.24) is 10.2 Å². The maximum absolute atomic E-state index is 11.9. The predicted molar refractivity (Wildman–Crippen MR) is 90.4 cm³/mol. The van der Waals surface area contributed by atoms with Gasteiger partial charge in [-0.05, 0) is 29.8 Å². The van der Waals surface area contributed by atoms with Crippen molar-refractivity contribution in [3.05, 3.63) is 42.0 Å². The largest absolute Gasteiger partial charge is 0.497 e. The van der Waals surface area contributed by atoms with Crippen molar-refractivity contribution in [2.45, 2.75) is 27.3 Å². The summed E-state index contributed by atoms with van der Waals surface area (Å²) in [6.07, 6.45) is 0. The van der Waals surface area contributed by atoms with Crippen molar-refractivity contribution in [3.63, 3.8) is 0 Å². The van der Waals surface area contributed by atoms with Gasteiger partial charge >= 0.3 is 0 Å². The first-order chi connectivity index (χ1) is 10.9. The zero-order chi connectivity index (χ0) is 16.9. The fourth-order valence-corrected chi connectivity index (χ4v) is 1.73. The van der Waals surface area contributed by atoms with Gasteiger partial charge in [-0.1, -0.05) is 32.9 Å². The van der Waals surface area contributed by atoms with E-state index in [0.717, 1.165) is 11.3 Å². The first-order valence-electron chi connectivity index (χ1n) is 7.40. The molecule has 0 saturated carbocycles. The number of aromatic nitrogens is 2. The van der Waals surface area contributed by atoms with Crippen molar-refractivity contribution < 1.29 is 9.53 Å². The standard InChI is InChI=1S/C17H22N4O2/c1-17(2,3)16(22)19-15-10-9-14(20-21-15)18-11-12-5-7-13(23-4)8-6-12/h5-10H,11H2,1-4H3,(H,18,20)(H,19,21,22). The summed E-state index contributed by atoms with van der Waals surface area (Å²) in [5.41, 5.74) is 0.644. The summed E-state index contributed by atoms with van der Waals surface area (Å²) in [6.45, 7) is 6.17. The predicted octanol–water partition coefficient (Wildman–Crippen LogP) is 3.08. The van der Waals surface area contributed by atoms with E-state index in [0.29, 0.717) is 18.2 Å². The lowest BCUT2D eigenvalue weighted by Crippen LogP contribution is -2.28. The monoisotopic (exact) mass is 314 g/mol. The highest BCUT2D eigenvalue weighted by Crippen LogP contribution is 2.17. The van der Waals surface area contributed by atoms with Crippen LogP contribution in [0.4, 0.5) is 11.6 Å². The Balaban J connectivity index is 1.90. The third-order valence-corrected chi connectivity index (χ3v) is 3.22. The number of ether oxygens (including phenoxy) is 1. The van der Waals surface area contributed by atoms with Gasteiger partial charge in [0.1, 0.15) is 11.6 Å². The van der Waals surface area contributed by atoms with E-state index in [1.807, 2.05) is 45.0 Å². The summed E-state index contributed by atoms with van der Waals surface area (Å²) in [6, 6.07) is 11.3. The Kier molecular flexibility index (Phi) is 5.16. The molecule has 6 nitrogen and oxygen atoms in total. The fourth-order valence-electron chi connectivity index (χ4n) is 1.73. The second-order valence-corrected chi connectivity index (χ2v) is 6.21. The Morgan fingerprint density at radius 1 is 1.04 bits per heavy atom. The molecule has 0 aliphatic heterocycles. The van der Waals surface area contributed by atoms with E-state index in [4.69, 9.17) is 4.74 Å². The minimum absolute atomic E-state index is 0.0919. The number of carbonyl (C=O) groups excluding carboxylic acids is 1. The number of hydrogen-bond donors (Lipinski definition) is 2. The topological polar surface area (TPSA) is 76.1 Å². The molecule has 1 amide bonds. The minimum atomic E-state index is -0.465. The van der Waals surface area contributed by atoms with Gasteiger partial charge in [0.15, 0.2) is 5.82 Å². The molecule has 0 saturated heterocycles. The Hall–Kier alpha value is -2.63. The summed E-state index contributed by atoms with van der Waals surface area (Å²) in [5, 5.41) is 14.0. The summed E-state index contributed by atoms with van der Waals surface area (Å²) < 4.78 is 5.12. The van der Waals surface area contributed by atoms with Gasteiger partial charge < -0.3 is 15.4 Å². The quantitative estimate of drug-likeness (QED) is 0.887. The molecule has 0 spiro atoms. The van der Waals surface area contributed by atoms with Gasteiger partial charge in [0, 0.05) is 12.0 Å². The van der Waals surface area contributed by atoms with Gasteiger partial charge in [0.05, 0.1) is 7.11 Å². The number of hydrogen-bond acceptors (Lipinski definition) is 5. The maximum atomic E-state index is 11.9. The average Bonchev–Trinajstić information content (AvgIpc) is 2.54. The molecular formula is C17H22N4O2. The van der Waals surface area contributed by atoms with Crippen LogP contribution in [0.15, 0.2) is 36.4 Å². The lowest BCUT2D eigenvalue weighted by Gasteiger charge is -2.16. The molecule has 2 aromatic rings. The maximum Gasteiger partial charge on any atom is 0.230 e. The molecule has 2 N–H and O–H groups in total.